The van der Waals surface area contributed by atoms with Gasteiger partial charge in [-0.25, -0.2) is 9.67 Å². The van der Waals surface area contributed by atoms with Gasteiger partial charge >= 0.3 is 0 Å². The fourth-order valence-corrected chi connectivity index (χ4v) is 2.57. The van der Waals surface area contributed by atoms with Crippen LogP contribution in [0.25, 0.3) is 5.69 Å². The summed E-state index contributed by atoms with van der Waals surface area (Å²) in [4.78, 5) is 28.8. The van der Waals surface area contributed by atoms with Gasteiger partial charge in [0.25, 0.3) is 5.91 Å². The van der Waals surface area contributed by atoms with Gasteiger partial charge in [0.15, 0.2) is 5.69 Å². The van der Waals surface area contributed by atoms with Crippen molar-refractivity contribution in [3.05, 3.63) is 80.9 Å². The number of halogens is 1. The lowest BCUT2D eigenvalue weighted by atomic mass is 10.2. The molecule has 1 N–H and O–H groups in total. The van der Waals surface area contributed by atoms with Gasteiger partial charge in [0.1, 0.15) is 5.82 Å². The maximum absolute atomic E-state index is 12.5. The van der Waals surface area contributed by atoms with E-state index in [-0.39, 0.29) is 5.69 Å². The van der Waals surface area contributed by atoms with Crippen LogP contribution >= 0.6 is 11.6 Å². The molecule has 0 fully saturated rings. The highest BCUT2D eigenvalue weighted by Gasteiger charge is 2.17. The van der Waals surface area contributed by atoms with Crippen molar-refractivity contribution >= 4 is 23.3 Å². The Labute approximate surface area is 149 Å². The van der Waals surface area contributed by atoms with Crippen LogP contribution < -0.4 is 10.7 Å². The largest absolute Gasteiger partial charge is 0.305 e. The molecule has 0 radical (unpaired) electrons. The van der Waals surface area contributed by atoms with Crippen LogP contribution in [0, 0.1) is 13.8 Å². The Morgan fingerprint density at radius 2 is 1.92 bits per heavy atom. The average molecular weight is 355 g/mol. The fourth-order valence-electron chi connectivity index (χ4n) is 2.36. The standard InChI is InChI=1S/C18H15ClN4O2/c1-11-6-5-9-20-17(11)21-18(25)16-15(24)10-12(2)23(22-16)14-8-4-3-7-13(14)19/h3-10H,1-2H3,(H,20,21,25). The van der Waals surface area contributed by atoms with E-state index >= 15 is 0 Å². The molecule has 6 nitrogen and oxygen atoms in total. The van der Waals surface area contributed by atoms with Crippen LogP contribution in [0.2, 0.25) is 5.02 Å². The molecule has 0 spiro atoms. The molecule has 1 aromatic carbocycles. The molecule has 7 heteroatoms. The van der Waals surface area contributed by atoms with Gasteiger partial charge in [0.2, 0.25) is 5.43 Å². The summed E-state index contributed by atoms with van der Waals surface area (Å²) in [5.41, 5.74) is 1.25. The highest BCUT2D eigenvalue weighted by atomic mass is 35.5. The highest BCUT2D eigenvalue weighted by Crippen LogP contribution is 2.20. The quantitative estimate of drug-likeness (QED) is 0.783. The van der Waals surface area contributed by atoms with Gasteiger partial charge in [-0.15, -0.1) is 0 Å². The molecule has 0 aliphatic carbocycles. The smallest absolute Gasteiger partial charge is 0.281 e. The molecule has 0 aliphatic rings. The predicted octanol–water partition coefficient (Wildman–Crippen LogP) is 3.15. The van der Waals surface area contributed by atoms with Crippen LogP contribution in [-0.2, 0) is 0 Å². The van der Waals surface area contributed by atoms with Gasteiger partial charge in [0.05, 0.1) is 10.7 Å². The third-order valence-electron chi connectivity index (χ3n) is 3.64. The number of amides is 1. The van der Waals surface area contributed by atoms with Crippen molar-refractivity contribution in [2.24, 2.45) is 0 Å². The van der Waals surface area contributed by atoms with Crippen molar-refractivity contribution in [1.82, 2.24) is 14.8 Å². The number of aromatic nitrogens is 3. The molecule has 3 rings (SSSR count). The number of anilines is 1. The Hall–Kier alpha value is -2.99. The maximum atomic E-state index is 12.5. The monoisotopic (exact) mass is 354 g/mol. The van der Waals surface area contributed by atoms with Crippen molar-refractivity contribution in [2.45, 2.75) is 13.8 Å². The van der Waals surface area contributed by atoms with Gasteiger partial charge in [-0.2, -0.15) is 5.10 Å². The normalized spacial score (nSPS) is 10.5. The minimum atomic E-state index is -0.618. The Kier molecular flexibility index (Phi) is 4.63. The molecule has 126 valence electrons. The minimum Gasteiger partial charge on any atom is -0.305 e. The Bertz CT molecular complexity index is 1010. The first-order valence-electron chi connectivity index (χ1n) is 7.56. The Balaban J connectivity index is 2.04. The summed E-state index contributed by atoms with van der Waals surface area (Å²) in [7, 11) is 0. The van der Waals surface area contributed by atoms with Gasteiger partial charge < -0.3 is 5.32 Å². The highest BCUT2D eigenvalue weighted by molar-refractivity contribution is 6.32. The SMILES string of the molecule is Cc1cccnc1NC(=O)c1nn(-c2ccccc2Cl)c(C)cc1=O. The van der Waals surface area contributed by atoms with Crippen molar-refractivity contribution < 1.29 is 4.79 Å². The van der Waals surface area contributed by atoms with E-state index in [2.05, 4.69) is 15.4 Å². The number of benzene rings is 1. The minimum absolute atomic E-state index is 0.226. The summed E-state index contributed by atoms with van der Waals surface area (Å²) in [6.07, 6.45) is 1.56. The Morgan fingerprint density at radius 3 is 2.64 bits per heavy atom. The number of rotatable bonds is 3. The average Bonchev–Trinajstić information content (AvgIpc) is 2.58. The summed E-state index contributed by atoms with van der Waals surface area (Å²) in [5.74, 6) is -0.230. The lowest BCUT2D eigenvalue weighted by Crippen LogP contribution is -2.27. The third kappa shape index (κ3) is 3.44. The number of para-hydroxylation sites is 1. The summed E-state index contributed by atoms with van der Waals surface area (Å²) >= 11 is 6.20. The van der Waals surface area contributed by atoms with Gasteiger partial charge in [0, 0.05) is 18.0 Å². The predicted molar refractivity (Wildman–Crippen MR) is 96.5 cm³/mol. The topological polar surface area (TPSA) is 76.9 Å². The molecular weight excluding hydrogens is 340 g/mol. The molecule has 1 amide bonds. The molecule has 0 unspecified atom stereocenters. The van der Waals surface area contributed by atoms with Gasteiger partial charge in [-0.1, -0.05) is 29.8 Å². The van der Waals surface area contributed by atoms with E-state index in [1.165, 1.54) is 10.7 Å². The molecular formula is C18H15ClN4O2. The zero-order valence-electron chi connectivity index (χ0n) is 13.7. The van der Waals surface area contributed by atoms with E-state index in [1.807, 2.05) is 13.0 Å². The third-order valence-corrected chi connectivity index (χ3v) is 3.96. The van der Waals surface area contributed by atoms with Crippen LogP contribution in [0.1, 0.15) is 21.7 Å². The van der Waals surface area contributed by atoms with Crippen molar-refractivity contribution in [2.75, 3.05) is 5.32 Å². The second-order valence-corrected chi connectivity index (χ2v) is 5.89. The first-order valence-corrected chi connectivity index (χ1v) is 7.94. The van der Waals surface area contributed by atoms with E-state index in [0.29, 0.717) is 22.2 Å². The molecule has 2 aromatic heterocycles. The number of hydrogen-bond acceptors (Lipinski definition) is 4. The van der Waals surface area contributed by atoms with E-state index in [0.717, 1.165) is 5.56 Å². The van der Waals surface area contributed by atoms with Crippen molar-refractivity contribution in [3.63, 3.8) is 0 Å². The molecule has 0 saturated carbocycles. The summed E-state index contributed by atoms with van der Waals surface area (Å²) in [5, 5.41) is 7.30. The first-order chi connectivity index (χ1) is 12.0. The molecule has 0 atom stereocenters. The van der Waals surface area contributed by atoms with Crippen LogP contribution in [0.15, 0.2) is 53.5 Å². The molecule has 0 bridgehead atoms. The zero-order chi connectivity index (χ0) is 18.0. The number of carbonyl (C=O) groups is 1. The second kappa shape index (κ2) is 6.86. The number of nitrogens with one attached hydrogen (secondary N) is 1. The lowest BCUT2D eigenvalue weighted by Gasteiger charge is -2.12. The van der Waals surface area contributed by atoms with Crippen molar-refractivity contribution in [3.8, 4) is 5.69 Å². The van der Waals surface area contributed by atoms with E-state index < -0.39 is 11.3 Å². The van der Waals surface area contributed by atoms with Gasteiger partial charge in [-0.05, 0) is 37.6 Å². The molecule has 3 aromatic rings. The van der Waals surface area contributed by atoms with E-state index in [9.17, 15) is 9.59 Å². The lowest BCUT2D eigenvalue weighted by molar-refractivity contribution is 0.101. The second-order valence-electron chi connectivity index (χ2n) is 5.48. The Morgan fingerprint density at radius 1 is 1.16 bits per heavy atom. The van der Waals surface area contributed by atoms with E-state index in [1.54, 1.807) is 43.5 Å². The number of carbonyl (C=O) groups excluding carboxylic acids is 1. The number of aryl methyl sites for hydroxylation is 2. The van der Waals surface area contributed by atoms with Crippen LogP contribution in [-0.4, -0.2) is 20.7 Å². The van der Waals surface area contributed by atoms with Crippen LogP contribution in [0.3, 0.4) is 0 Å². The van der Waals surface area contributed by atoms with Crippen LogP contribution in [0.5, 0.6) is 0 Å². The fraction of sp³-hybridized carbons (Fsp3) is 0.111. The number of pyridine rings is 1. The molecule has 0 aliphatic heterocycles. The number of hydrogen-bond donors (Lipinski definition) is 1. The van der Waals surface area contributed by atoms with E-state index in [4.69, 9.17) is 11.6 Å². The first kappa shape index (κ1) is 16.9. The number of nitrogens with zero attached hydrogens (tertiary/aromatic N) is 3. The molecule has 2 heterocycles. The summed E-state index contributed by atoms with van der Waals surface area (Å²) in [6, 6.07) is 12.0. The van der Waals surface area contributed by atoms with Crippen molar-refractivity contribution in [1.29, 1.82) is 0 Å². The summed E-state index contributed by atoms with van der Waals surface area (Å²) < 4.78 is 1.48. The molecule has 25 heavy (non-hydrogen) atoms. The summed E-state index contributed by atoms with van der Waals surface area (Å²) in [6.45, 7) is 3.54. The maximum Gasteiger partial charge on any atom is 0.281 e. The molecule has 0 saturated heterocycles. The zero-order valence-corrected chi connectivity index (χ0v) is 14.4. The van der Waals surface area contributed by atoms with Gasteiger partial charge in [-0.3, -0.25) is 9.59 Å². The van der Waals surface area contributed by atoms with Crippen LogP contribution in [0.4, 0.5) is 5.82 Å².